The molecular formula is C23H25Cl2NO2S. The SMILES string of the molecule is CCCc1ccccc1.Cc1ccc(CNS(=O)(=O)c2ccc(Cl)c(Cl)c2)cc1. The maximum atomic E-state index is 12.1. The average molecular weight is 450 g/mol. The molecule has 0 heterocycles. The summed E-state index contributed by atoms with van der Waals surface area (Å²) in [6, 6.07) is 22.4. The van der Waals surface area contributed by atoms with E-state index in [0.717, 1.165) is 11.1 Å². The molecule has 1 N–H and O–H groups in total. The van der Waals surface area contributed by atoms with Crippen molar-refractivity contribution in [2.24, 2.45) is 0 Å². The molecule has 3 aromatic carbocycles. The Labute approximate surface area is 183 Å². The van der Waals surface area contributed by atoms with Gasteiger partial charge in [-0.1, -0.05) is 96.7 Å². The highest BCUT2D eigenvalue weighted by Crippen LogP contribution is 2.24. The lowest BCUT2D eigenvalue weighted by atomic mass is 10.1. The lowest BCUT2D eigenvalue weighted by Crippen LogP contribution is -2.23. The van der Waals surface area contributed by atoms with E-state index in [1.807, 2.05) is 31.2 Å². The number of hydrogen-bond acceptors (Lipinski definition) is 2. The maximum absolute atomic E-state index is 12.1. The van der Waals surface area contributed by atoms with E-state index in [2.05, 4.69) is 42.0 Å². The van der Waals surface area contributed by atoms with Gasteiger partial charge in [-0.2, -0.15) is 0 Å². The van der Waals surface area contributed by atoms with Crippen LogP contribution in [0.15, 0.2) is 77.7 Å². The Hall–Kier alpha value is -1.85. The molecule has 0 spiro atoms. The largest absolute Gasteiger partial charge is 0.240 e. The summed E-state index contributed by atoms with van der Waals surface area (Å²) in [4.78, 5) is 0.0963. The first kappa shape index (κ1) is 23.4. The van der Waals surface area contributed by atoms with Crippen molar-refractivity contribution in [1.29, 1.82) is 0 Å². The highest BCUT2D eigenvalue weighted by Gasteiger charge is 2.15. The third-order valence-electron chi connectivity index (χ3n) is 4.17. The molecule has 3 rings (SSSR count). The van der Waals surface area contributed by atoms with Gasteiger partial charge in [0.1, 0.15) is 0 Å². The zero-order valence-corrected chi connectivity index (χ0v) is 18.9. The maximum Gasteiger partial charge on any atom is 0.240 e. The van der Waals surface area contributed by atoms with Crippen LogP contribution in [0.3, 0.4) is 0 Å². The second-order valence-corrected chi connectivity index (χ2v) is 9.20. The summed E-state index contributed by atoms with van der Waals surface area (Å²) >= 11 is 11.6. The average Bonchev–Trinajstić information content (AvgIpc) is 2.71. The van der Waals surface area contributed by atoms with Gasteiger partial charge < -0.3 is 0 Å². The molecule has 0 aromatic heterocycles. The first-order chi connectivity index (χ1) is 13.8. The van der Waals surface area contributed by atoms with E-state index in [1.54, 1.807) is 0 Å². The van der Waals surface area contributed by atoms with Crippen molar-refractivity contribution in [2.45, 2.75) is 38.1 Å². The van der Waals surface area contributed by atoms with Crippen LogP contribution >= 0.6 is 23.2 Å². The Bertz CT molecular complexity index is 1000. The van der Waals surface area contributed by atoms with Crippen LogP contribution < -0.4 is 4.72 Å². The van der Waals surface area contributed by atoms with E-state index in [-0.39, 0.29) is 16.5 Å². The van der Waals surface area contributed by atoms with Crippen LogP contribution in [-0.2, 0) is 23.0 Å². The Balaban J connectivity index is 0.000000278. The van der Waals surface area contributed by atoms with Gasteiger partial charge in [-0.3, -0.25) is 0 Å². The highest BCUT2D eigenvalue weighted by molar-refractivity contribution is 7.89. The van der Waals surface area contributed by atoms with Crippen LogP contribution in [0, 0.1) is 6.92 Å². The topological polar surface area (TPSA) is 46.2 Å². The monoisotopic (exact) mass is 449 g/mol. The van der Waals surface area contributed by atoms with Crippen molar-refractivity contribution < 1.29 is 8.42 Å². The third kappa shape index (κ3) is 7.82. The van der Waals surface area contributed by atoms with Gasteiger partial charge in [0.2, 0.25) is 10.0 Å². The van der Waals surface area contributed by atoms with E-state index >= 15 is 0 Å². The number of nitrogens with one attached hydrogen (secondary N) is 1. The summed E-state index contributed by atoms with van der Waals surface area (Å²) in [5.41, 5.74) is 3.46. The predicted octanol–water partition coefficient (Wildman–Crippen LogP) is 6.42. The van der Waals surface area contributed by atoms with Crippen molar-refractivity contribution in [3.63, 3.8) is 0 Å². The zero-order valence-electron chi connectivity index (χ0n) is 16.5. The van der Waals surface area contributed by atoms with Gasteiger partial charge >= 0.3 is 0 Å². The van der Waals surface area contributed by atoms with Crippen molar-refractivity contribution in [1.82, 2.24) is 4.72 Å². The predicted molar refractivity (Wildman–Crippen MR) is 122 cm³/mol. The van der Waals surface area contributed by atoms with Gasteiger partial charge in [-0.15, -0.1) is 0 Å². The van der Waals surface area contributed by atoms with Crippen molar-refractivity contribution in [3.8, 4) is 0 Å². The summed E-state index contributed by atoms with van der Waals surface area (Å²) < 4.78 is 26.8. The Morgan fingerprint density at radius 1 is 0.828 bits per heavy atom. The smallest absolute Gasteiger partial charge is 0.207 e. The number of sulfonamides is 1. The van der Waals surface area contributed by atoms with Crippen LogP contribution in [0.25, 0.3) is 0 Å². The lowest BCUT2D eigenvalue weighted by molar-refractivity contribution is 0.581. The fourth-order valence-corrected chi connectivity index (χ4v) is 3.95. The first-order valence-corrected chi connectivity index (χ1v) is 11.6. The summed E-state index contributed by atoms with van der Waals surface area (Å²) in [7, 11) is -3.60. The van der Waals surface area contributed by atoms with Gasteiger partial charge in [-0.25, -0.2) is 13.1 Å². The summed E-state index contributed by atoms with van der Waals surface area (Å²) in [5.74, 6) is 0. The van der Waals surface area contributed by atoms with E-state index in [0.29, 0.717) is 5.02 Å². The molecule has 0 saturated heterocycles. The minimum Gasteiger partial charge on any atom is -0.207 e. The van der Waals surface area contributed by atoms with Crippen LogP contribution in [0.4, 0.5) is 0 Å². The summed E-state index contributed by atoms with van der Waals surface area (Å²) in [6.07, 6.45) is 2.45. The number of aryl methyl sites for hydroxylation is 2. The number of benzene rings is 3. The van der Waals surface area contributed by atoms with Gasteiger partial charge in [0.05, 0.1) is 14.9 Å². The van der Waals surface area contributed by atoms with E-state index < -0.39 is 10.0 Å². The Morgan fingerprint density at radius 2 is 1.48 bits per heavy atom. The molecule has 0 aliphatic rings. The lowest BCUT2D eigenvalue weighted by Gasteiger charge is -2.08. The fourth-order valence-electron chi connectivity index (χ4n) is 2.54. The molecule has 3 aromatic rings. The second-order valence-electron chi connectivity index (χ2n) is 6.62. The molecule has 0 atom stereocenters. The fraction of sp³-hybridized carbons (Fsp3) is 0.217. The van der Waals surface area contributed by atoms with Crippen LogP contribution in [-0.4, -0.2) is 8.42 Å². The first-order valence-electron chi connectivity index (χ1n) is 9.36. The van der Waals surface area contributed by atoms with Gasteiger partial charge in [0.15, 0.2) is 0 Å². The molecule has 0 amide bonds. The molecule has 29 heavy (non-hydrogen) atoms. The molecule has 0 saturated carbocycles. The zero-order chi connectivity index (χ0) is 21.3. The van der Waals surface area contributed by atoms with E-state index in [4.69, 9.17) is 23.2 Å². The van der Waals surface area contributed by atoms with E-state index in [1.165, 1.54) is 36.6 Å². The van der Waals surface area contributed by atoms with Crippen LogP contribution in [0.2, 0.25) is 10.0 Å². The van der Waals surface area contributed by atoms with Crippen molar-refractivity contribution in [2.75, 3.05) is 0 Å². The Kier molecular flexibility index (Phi) is 9.18. The van der Waals surface area contributed by atoms with Crippen molar-refractivity contribution in [3.05, 3.63) is 99.5 Å². The third-order valence-corrected chi connectivity index (χ3v) is 6.31. The van der Waals surface area contributed by atoms with Crippen LogP contribution in [0.5, 0.6) is 0 Å². The van der Waals surface area contributed by atoms with Crippen LogP contribution in [0.1, 0.15) is 30.0 Å². The molecule has 0 fully saturated rings. The summed E-state index contributed by atoms with van der Waals surface area (Å²) in [6.45, 7) is 4.40. The molecule has 0 radical (unpaired) electrons. The van der Waals surface area contributed by atoms with E-state index in [9.17, 15) is 8.42 Å². The second kappa shape index (κ2) is 11.4. The summed E-state index contributed by atoms with van der Waals surface area (Å²) in [5, 5.41) is 0.536. The highest BCUT2D eigenvalue weighted by atomic mass is 35.5. The molecule has 0 bridgehead atoms. The molecule has 0 aliphatic carbocycles. The standard InChI is InChI=1S/C14H13Cl2NO2S.C9H12/c1-10-2-4-11(5-3-10)9-17-20(18,19)12-6-7-13(15)14(16)8-12;1-2-6-9-7-4-3-5-8-9/h2-8,17H,9H2,1H3;3-5,7-8H,2,6H2,1H3. The molecule has 3 nitrogen and oxygen atoms in total. The van der Waals surface area contributed by atoms with Crippen molar-refractivity contribution >= 4 is 33.2 Å². The molecular weight excluding hydrogens is 425 g/mol. The quantitative estimate of drug-likeness (QED) is 0.471. The van der Waals surface area contributed by atoms with Gasteiger partial charge in [0.25, 0.3) is 0 Å². The van der Waals surface area contributed by atoms with Gasteiger partial charge in [-0.05, 0) is 42.7 Å². The molecule has 0 unspecified atom stereocenters. The minimum atomic E-state index is -3.60. The Morgan fingerprint density at radius 3 is 2.07 bits per heavy atom. The number of halogens is 2. The number of rotatable bonds is 6. The normalized spacial score (nSPS) is 10.9. The molecule has 0 aliphatic heterocycles. The number of hydrogen-bond donors (Lipinski definition) is 1. The molecule has 6 heteroatoms. The molecule has 154 valence electrons. The minimum absolute atomic E-state index is 0.0963. The van der Waals surface area contributed by atoms with Gasteiger partial charge in [0, 0.05) is 6.54 Å².